The van der Waals surface area contributed by atoms with Crippen LogP contribution in [-0.4, -0.2) is 5.16 Å². The highest BCUT2D eigenvalue weighted by atomic mass is 16.5. The lowest BCUT2D eigenvalue weighted by Crippen LogP contribution is -1.87. The van der Waals surface area contributed by atoms with Gasteiger partial charge in [-0.05, 0) is 50.5 Å². The van der Waals surface area contributed by atoms with Crippen molar-refractivity contribution in [3.8, 4) is 11.3 Å². The zero-order chi connectivity index (χ0) is 11.0. The Morgan fingerprint density at radius 1 is 0.867 bits per heavy atom. The summed E-state index contributed by atoms with van der Waals surface area (Å²) in [5.74, 6) is 0.855. The number of hydrogen-bond acceptors (Lipinski definition) is 2. The van der Waals surface area contributed by atoms with E-state index in [0.29, 0.717) is 0 Å². The van der Waals surface area contributed by atoms with Crippen molar-refractivity contribution in [2.75, 3.05) is 0 Å². The molecule has 0 amide bonds. The third-order valence-electron chi connectivity index (χ3n) is 2.73. The summed E-state index contributed by atoms with van der Waals surface area (Å²) in [5, 5.41) is 3.91. The van der Waals surface area contributed by atoms with Crippen molar-refractivity contribution in [1.29, 1.82) is 0 Å². The molecule has 0 aliphatic carbocycles. The monoisotopic (exact) mass is 201 g/mol. The molecule has 0 aliphatic rings. The zero-order valence-electron chi connectivity index (χ0n) is 9.59. The van der Waals surface area contributed by atoms with Gasteiger partial charge in [0.15, 0.2) is 5.76 Å². The summed E-state index contributed by atoms with van der Waals surface area (Å²) in [7, 11) is 0. The van der Waals surface area contributed by atoms with E-state index < -0.39 is 0 Å². The second-order valence-corrected chi connectivity index (χ2v) is 4.08. The Morgan fingerprint density at radius 3 is 2.13 bits per heavy atom. The van der Waals surface area contributed by atoms with Crippen LogP contribution in [0.5, 0.6) is 0 Å². The maximum Gasteiger partial charge on any atom is 0.167 e. The molecule has 1 aromatic heterocycles. The van der Waals surface area contributed by atoms with Gasteiger partial charge >= 0.3 is 0 Å². The normalized spacial score (nSPS) is 10.7. The molecule has 0 saturated heterocycles. The summed E-state index contributed by atoms with van der Waals surface area (Å²) in [6.45, 7) is 8.27. The molecule has 2 nitrogen and oxygen atoms in total. The highest BCUT2D eigenvalue weighted by Crippen LogP contribution is 2.26. The number of rotatable bonds is 1. The molecule has 2 aromatic rings. The van der Waals surface area contributed by atoms with E-state index in [1.165, 1.54) is 16.7 Å². The van der Waals surface area contributed by atoms with E-state index in [-0.39, 0.29) is 0 Å². The van der Waals surface area contributed by atoms with Crippen LogP contribution in [0.15, 0.2) is 22.7 Å². The molecule has 0 atom stereocenters. The number of aryl methyl sites for hydroxylation is 4. The summed E-state index contributed by atoms with van der Waals surface area (Å²) in [6, 6.07) is 6.31. The molecule has 0 spiro atoms. The summed E-state index contributed by atoms with van der Waals surface area (Å²) in [6.07, 6.45) is 0. The van der Waals surface area contributed by atoms with Crippen LogP contribution in [0.25, 0.3) is 11.3 Å². The lowest BCUT2D eigenvalue weighted by Gasteiger charge is -2.06. The Labute approximate surface area is 89.9 Å². The van der Waals surface area contributed by atoms with Gasteiger partial charge in [0.1, 0.15) is 0 Å². The largest absolute Gasteiger partial charge is 0.356 e. The maximum atomic E-state index is 5.28. The van der Waals surface area contributed by atoms with Gasteiger partial charge in [-0.2, -0.15) is 0 Å². The first-order valence-corrected chi connectivity index (χ1v) is 5.09. The number of nitrogens with zero attached hydrogens (tertiary/aromatic N) is 1. The van der Waals surface area contributed by atoms with Gasteiger partial charge in [-0.1, -0.05) is 11.2 Å². The molecule has 0 saturated carbocycles. The van der Waals surface area contributed by atoms with Crippen LogP contribution in [0.4, 0.5) is 0 Å². The number of hydrogen-bond donors (Lipinski definition) is 0. The average molecular weight is 201 g/mol. The molecule has 0 N–H and O–H groups in total. The lowest BCUT2D eigenvalue weighted by atomic mass is 9.99. The molecule has 0 fully saturated rings. The van der Waals surface area contributed by atoms with Crippen molar-refractivity contribution >= 4 is 0 Å². The molecule has 2 rings (SSSR count). The third-order valence-corrected chi connectivity index (χ3v) is 2.73. The van der Waals surface area contributed by atoms with Gasteiger partial charge in [0.25, 0.3) is 0 Å². The van der Waals surface area contributed by atoms with Crippen LogP contribution in [0.3, 0.4) is 0 Å². The fraction of sp³-hybridized carbons (Fsp3) is 0.308. The van der Waals surface area contributed by atoms with E-state index in [4.69, 9.17) is 4.52 Å². The molecule has 78 valence electrons. The average Bonchev–Trinajstić information content (AvgIpc) is 2.58. The quantitative estimate of drug-likeness (QED) is 0.704. The molecule has 1 heterocycles. The fourth-order valence-electron chi connectivity index (χ4n) is 1.72. The van der Waals surface area contributed by atoms with E-state index in [1.807, 2.05) is 13.0 Å². The highest BCUT2D eigenvalue weighted by Gasteiger charge is 2.08. The van der Waals surface area contributed by atoms with Crippen molar-refractivity contribution in [3.63, 3.8) is 0 Å². The molecule has 2 heteroatoms. The second kappa shape index (κ2) is 3.54. The smallest absolute Gasteiger partial charge is 0.167 e. The predicted octanol–water partition coefficient (Wildman–Crippen LogP) is 3.58. The minimum atomic E-state index is 0.855. The van der Waals surface area contributed by atoms with Gasteiger partial charge in [0.05, 0.1) is 5.69 Å². The summed E-state index contributed by atoms with van der Waals surface area (Å²) >= 11 is 0. The molecule has 1 aromatic carbocycles. The van der Waals surface area contributed by atoms with Gasteiger partial charge in [-0.15, -0.1) is 0 Å². The van der Waals surface area contributed by atoms with Gasteiger partial charge < -0.3 is 4.52 Å². The molecular weight excluding hydrogens is 186 g/mol. The Balaban J connectivity index is 2.58. The van der Waals surface area contributed by atoms with E-state index in [1.54, 1.807) is 0 Å². The Kier molecular flexibility index (Phi) is 2.35. The Bertz CT molecular complexity index is 497. The van der Waals surface area contributed by atoms with Crippen molar-refractivity contribution in [1.82, 2.24) is 5.16 Å². The first-order chi connectivity index (χ1) is 7.08. The molecule has 0 radical (unpaired) electrons. The fourth-order valence-corrected chi connectivity index (χ4v) is 1.72. The second-order valence-electron chi connectivity index (χ2n) is 4.08. The Hall–Kier alpha value is -1.57. The maximum absolute atomic E-state index is 5.28. The van der Waals surface area contributed by atoms with Crippen LogP contribution < -0.4 is 0 Å². The third kappa shape index (κ3) is 1.80. The summed E-state index contributed by atoms with van der Waals surface area (Å²) in [5.41, 5.74) is 5.88. The molecule has 0 aliphatic heterocycles. The van der Waals surface area contributed by atoms with Gasteiger partial charge in [-0.25, -0.2) is 0 Å². The van der Waals surface area contributed by atoms with Crippen molar-refractivity contribution in [3.05, 3.63) is 40.6 Å². The van der Waals surface area contributed by atoms with Crippen LogP contribution in [0, 0.1) is 27.7 Å². The molecule has 15 heavy (non-hydrogen) atoms. The first kappa shape index (κ1) is 9.97. The topological polar surface area (TPSA) is 26.0 Å². The predicted molar refractivity (Wildman–Crippen MR) is 60.9 cm³/mol. The number of benzene rings is 1. The SMILES string of the molecule is Cc1cc(-c2cc(C)c(C)cc2C)on1. The van der Waals surface area contributed by atoms with Gasteiger partial charge in [-0.3, -0.25) is 0 Å². The van der Waals surface area contributed by atoms with Crippen molar-refractivity contribution < 1.29 is 4.52 Å². The molecule has 0 unspecified atom stereocenters. The van der Waals surface area contributed by atoms with Gasteiger partial charge in [0, 0.05) is 11.6 Å². The van der Waals surface area contributed by atoms with Gasteiger partial charge in [0.2, 0.25) is 0 Å². The highest BCUT2D eigenvalue weighted by molar-refractivity contribution is 5.63. The summed E-state index contributed by atoms with van der Waals surface area (Å²) < 4.78 is 5.28. The van der Waals surface area contributed by atoms with Crippen molar-refractivity contribution in [2.24, 2.45) is 0 Å². The number of aromatic nitrogens is 1. The van der Waals surface area contributed by atoms with E-state index >= 15 is 0 Å². The van der Waals surface area contributed by atoms with E-state index in [0.717, 1.165) is 17.0 Å². The van der Waals surface area contributed by atoms with E-state index in [9.17, 15) is 0 Å². The van der Waals surface area contributed by atoms with Crippen LogP contribution in [-0.2, 0) is 0 Å². The molecular formula is C13H15NO. The van der Waals surface area contributed by atoms with Crippen LogP contribution >= 0.6 is 0 Å². The minimum absolute atomic E-state index is 0.855. The standard InChI is InChI=1S/C13H15NO/c1-8-5-10(3)12(6-9(8)2)13-7-11(4)14-15-13/h5-7H,1-4H3. The lowest BCUT2D eigenvalue weighted by molar-refractivity contribution is 0.427. The first-order valence-electron chi connectivity index (χ1n) is 5.09. The molecule has 0 bridgehead atoms. The van der Waals surface area contributed by atoms with Crippen LogP contribution in [0.2, 0.25) is 0 Å². The summed E-state index contributed by atoms with van der Waals surface area (Å²) in [4.78, 5) is 0. The minimum Gasteiger partial charge on any atom is -0.356 e. The van der Waals surface area contributed by atoms with E-state index in [2.05, 4.69) is 38.1 Å². The van der Waals surface area contributed by atoms with Crippen molar-refractivity contribution in [2.45, 2.75) is 27.7 Å². The zero-order valence-corrected chi connectivity index (χ0v) is 9.59. The van der Waals surface area contributed by atoms with Crippen LogP contribution in [0.1, 0.15) is 22.4 Å². The Morgan fingerprint density at radius 2 is 1.53 bits per heavy atom.